The highest BCUT2D eigenvalue weighted by Crippen LogP contribution is 2.15. The Hall–Kier alpha value is -3.19. The minimum absolute atomic E-state index is 0.254. The molecule has 3 rings (SSSR count). The van der Waals surface area contributed by atoms with E-state index in [-0.39, 0.29) is 11.8 Å². The van der Waals surface area contributed by atoms with Gasteiger partial charge in [-0.25, -0.2) is 4.98 Å². The number of aromatic nitrogens is 1. The van der Waals surface area contributed by atoms with Crippen molar-refractivity contribution in [2.75, 3.05) is 23.3 Å². The number of carbonyl (C=O) groups excluding carboxylic acids is 2. The molecule has 0 radical (unpaired) electrons. The van der Waals surface area contributed by atoms with Gasteiger partial charge in [0.15, 0.2) is 0 Å². The normalized spacial score (nSPS) is 11.5. The third-order valence-corrected chi connectivity index (χ3v) is 5.62. The molecule has 2 amide bonds. The van der Waals surface area contributed by atoms with Crippen LogP contribution in [-0.4, -0.2) is 35.9 Å². The van der Waals surface area contributed by atoms with Gasteiger partial charge < -0.3 is 15.5 Å². The lowest BCUT2D eigenvalue weighted by molar-refractivity contribution is -0.118. The standard InChI is InChI=1S/C23H26N4O2S/c1-3-27(4-2)21-13-12-18(16-24-21)25-22(28)19(15-17-9-6-5-7-10-17)26-23(29)20-11-8-14-30-20/h5-14,16,19H,3-4,15H2,1-2H3,(H,25,28)(H,26,29). The Kier molecular flexibility index (Phi) is 7.57. The largest absolute Gasteiger partial charge is 0.357 e. The summed E-state index contributed by atoms with van der Waals surface area (Å²) in [5, 5.41) is 7.59. The van der Waals surface area contributed by atoms with E-state index in [0.29, 0.717) is 17.0 Å². The highest BCUT2D eigenvalue weighted by Gasteiger charge is 2.22. The molecule has 6 nitrogen and oxygen atoms in total. The molecule has 1 unspecified atom stereocenters. The van der Waals surface area contributed by atoms with Crippen molar-refractivity contribution in [1.82, 2.24) is 10.3 Å². The maximum atomic E-state index is 13.0. The molecule has 7 heteroatoms. The van der Waals surface area contributed by atoms with E-state index < -0.39 is 6.04 Å². The van der Waals surface area contributed by atoms with Gasteiger partial charge in [0, 0.05) is 19.5 Å². The van der Waals surface area contributed by atoms with Crippen LogP contribution in [0.5, 0.6) is 0 Å². The van der Waals surface area contributed by atoms with Crippen LogP contribution in [0.1, 0.15) is 29.1 Å². The highest BCUT2D eigenvalue weighted by molar-refractivity contribution is 7.12. The number of rotatable bonds is 9. The van der Waals surface area contributed by atoms with E-state index in [9.17, 15) is 9.59 Å². The number of anilines is 2. The van der Waals surface area contributed by atoms with Gasteiger partial charge in [0.2, 0.25) is 5.91 Å². The summed E-state index contributed by atoms with van der Waals surface area (Å²) in [7, 11) is 0. The smallest absolute Gasteiger partial charge is 0.262 e. The van der Waals surface area contributed by atoms with E-state index in [4.69, 9.17) is 0 Å². The number of benzene rings is 1. The van der Waals surface area contributed by atoms with Crippen molar-refractivity contribution < 1.29 is 9.59 Å². The molecule has 0 aliphatic heterocycles. The zero-order valence-electron chi connectivity index (χ0n) is 17.2. The maximum absolute atomic E-state index is 13.0. The first-order valence-electron chi connectivity index (χ1n) is 10.0. The fraction of sp³-hybridized carbons (Fsp3) is 0.261. The van der Waals surface area contributed by atoms with Crippen LogP contribution in [-0.2, 0) is 11.2 Å². The summed E-state index contributed by atoms with van der Waals surface area (Å²) >= 11 is 1.35. The lowest BCUT2D eigenvalue weighted by Gasteiger charge is -2.21. The summed E-state index contributed by atoms with van der Waals surface area (Å²) in [4.78, 5) is 32.7. The summed E-state index contributed by atoms with van der Waals surface area (Å²) in [6, 6.07) is 16.2. The van der Waals surface area contributed by atoms with Crippen LogP contribution < -0.4 is 15.5 Å². The van der Waals surface area contributed by atoms with E-state index in [1.807, 2.05) is 53.9 Å². The Morgan fingerprint density at radius 2 is 1.80 bits per heavy atom. The van der Waals surface area contributed by atoms with Gasteiger partial charge in [0.25, 0.3) is 5.91 Å². The number of thiophene rings is 1. The van der Waals surface area contributed by atoms with Crippen molar-refractivity contribution in [3.8, 4) is 0 Å². The lowest BCUT2D eigenvalue weighted by Crippen LogP contribution is -2.45. The molecule has 0 saturated carbocycles. The van der Waals surface area contributed by atoms with Gasteiger partial charge in [0.05, 0.1) is 16.8 Å². The van der Waals surface area contributed by atoms with Crippen LogP contribution in [0.4, 0.5) is 11.5 Å². The average molecular weight is 423 g/mol. The minimum Gasteiger partial charge on any atom is -0.357 e. The van der Waals surface area contributed by atoms with E-state index >= 15 is 0 Å². The van der Waals surface area contributed by atoms with Gasteiger partial charge in [-0.1, -0.05) is 36.4 Å². The van der Waals surface area contributed by atoms with Crippen LogP contribution in [0.25, 0.3) is 0 Å². The van der Waals surface area contributed by atoms with E-state index in [2.05, 4.69) is 34.4 Å². The molecule has 0 saturated heterocycles. The van der Waals surface area contributed by atoms with Crippen LogP contribution in [0.3, 0.4) is 0 Å². The van der Waals surface area contributed by atoms with Crippen LogP contribution in [0.2, 0.25) is 0 Å². The topological polar surface area (TPSA) is 74.3 Å². The molecule has 30 heavy (non-hydrogen) atoms. The third-order valence-electron chi connectivity index (χ3n) is 4.75. The fourth-order valence-corrected chi connectivity index (χ4v) is 3.75. The fourth-order valence-electron chi connectivity index (χ4n) is 3.12. The van der Waals surface area contributed by atoms with Crippen molar-refractivity contribution in [3.05, 3.63) is 76.6 Å². The van der Waals surface area contributed by atoms with Gasteiger partial charge in [-0.3, -0.25) is 9.59 Å². The molecule has 1 atom stereocenters. The van der Waals surface area contributed by atoms with Gasteiger partial charge in [-0.2, -0.15) is 0 Å². The number of nitrogens with zero attached hydrogens (tertiary/aromatic N) is 2. The lowest BCUT2D eigenvalue weighted by atomic mass is 10.0. The molecule has 1 aromatic carbocycles. The molecule has 3 aromatic rings. The van der Waals surface area contributed by atoms with E-state index in [1.54, 1.807) is 12.3 Å². The number of amides is 2. The Labute approximate surface area is 181 Å². The van der Waals surface area contributed by atoms with Gasteiger partial charge in [0.1, 0.15) is 11.9 Å². The average Bonchev–Trinajstić information content (AvgIpc) is 3.31. The molecule has 2 aromatic heterocycles. The van der Waals surface area contributed by atoms with Crippen molar-refractivity contribution in [1.29, 1.82) is 0 Å². The Morgan fingerprint density at radius 3 is 2.40 bits per heavy atom. The molecule has 0 fully saturated rings. The Bertz CT molecular complexity index is 939. The number of hydrogen-bond donors (Lipinski definition) is 2. The maximum Gasteiger partial charge on any atom is 0.262 e. The van der Waals surface area contributed by atoms with Crippen LogP contribution >= 0.6 is 11.3 Å². The minimum atomic E-state index is -0.704. The molecule has 2 heterocycles. The second-order valence-electron chi connectivity index (χ2n) is 6.76. The molecule has 156 valence electrons. The monoisotopic (exact) mass is 422 g/mol. The Morgan fingerprint density at radius 1 is 1.03 bits per heavy atom. The van der Waals surface area contributed by atoms with Crippen molar-refractivity contribution in [2.24, 2.45) is 0 Å². The van der Waals surface area contributed by atoms with Gasteiger partial charge in [-0.05, 0) is 43.0 Å². The SMILES string of the molecule is CCN(CC)c1ccc(NC(=O)C(Cc2ccccc2)NC(=O)c2cccs2)cn1. The van der Waals surface area contributed by atoms with Crippen molar-refractivity contribution in [2.45, 2.75) is 26.3 Å². The first-order chi connectivity index (χ1) is 14.6. The summed E-state index contributed by atoms with van der Waals surface area (Å²) in [6.07, 6.45) is 2.04. The first-order valence-corrected chi connectivity index (χ1v) is 10.9. The highest BCUT2D eigenvalue weighted by atomic mass is 32.1. The number of hydrogen-bond acceptors (Lipinski definition) is 5. The zero-order valence-corrected chi connectivity index (χ0v) is 18.0. The predicted molar refractivity (Wildman–Crippen MR) is 122 cm³/mol. The van der Waals surface area contributed by atoms with Crippen molar-refractivity contribution in [3.63, 3.8) is 0 Å². The van der Waals surface area contributed by atoms with Gasteiger partial charge in [-0.15, -0.1) is 11.3 Å². The summed E-state index contributed by atoms with van der Waals surface area (Å²) in [5.41, 5.74) is 1.57. The summed E-state index contributed by atoms with van der Waals surface area (Å²) in [6.45, 7) is 5.88. The molecule has 0 spiro atoms. The van der Waals surface area contributed by atoms with Crippen molar-refractivity contribution >= 4 is 34.7 Å². The second kappa shape index (κ2) is 10.5. The number of carbonyl (C=O) groups is 2. The Balaban J connectivity index is 1.73. The quantitative estimate of drug-likeness (QED) is 0.547. The molecular weight excluding hydrogens is 396 g/mol. The molecule has 0 aliphatic carbocycles. The zero-order chi connectivity index (χ0) is 21.3. The van der Waals surface area contributed by atoms with E-state index in [0.717, 1.165) is 24.5 Å². The predicted octanol–water partition coefficient (Wildman–Crippen LogP) is 3.97. The summed E-state index contributed by atoms with van der Waals surface area (Å²) in [5.74, 6) is 0.335. The van der Waals surface area contributed by atoms with Crippen LogP contribution in [0.15, 0.2) is 66.2 Å². The molecule has 0 aliphatic rings. The van der Waals surface area contributed by atoms with Gasteiger partial charge >= 0.3 is 0 Å². The van der Waals surface area contributed by atoms with E-state index in [1.165, 1.54) is 11.3 Å². The summed E-state index contributed by atoms with van der Waals surface area (Å²) < 4.78 is 0. The second-order valence-corrected chi connectivity index (χ2v) is 7.71. The number of pyridine rings is 1. The van der Waals surface area contributed by atoms with Crippen LogP contribution in [0, 0.1) is 0 Å². The third kappa shape index (κ3) is 5.67. The molecular formula is C23H26N4O2S. The first kappa shape index (κ1) is 21.5. The number of nitrogens with one attached hydrogen (secondary N) is 2. The molecule has 2 N–H and O–H groups in total. The molecule has 0 bridgehead atoms.